The third-order valence-electron chi connectivity index (χ3n) is 3.78. The molecular formula is C17H26N4OS. The van der Waals surface area contributed by atoms with Gasteiger partial charge in [-0.15, -0.1) is 11.3 Å². The molecular weight excluding hydrogens is 308 g/mol. The molecule has 0 aromatic carbocycles. The van der Waals surface area contributed by atoms with Crippen molar-refractivity contribution in [1.82, 2.24) is 20.2 Å². The second kappa shape index (κ2) is 9.47. The topological polar surface area (TPSA) is 61.0 Å². The standard InChI is InChI=1S/C17H26N4OS/c1-3-4-10-21(2)11-8-16(22)18-9-7-14-17(20-13-19-14)15-6-5-12-23-15/h5-6,12-13H,3-4,7-11H2,1-2H3,(H,18,22)(H,19,20). The van der Waals surface area contributed by atoms with E-state index in [0.29, 0.717) is 13.0 Å². The zero-order valence-electron chi connectivity index (χ0n) is 14.0. The first-order valence-corrected chi connectivity index (χ1v) is 9.10. The van der Waals surface area contributed by atoms with Gasteiger partial charge >= 0.3 is 0 Å². The molecule has 0 aliphatic carbocycles. The summed E-state index contributed by atoms with van der Waals surface area (Å²) in [6.07, 6.45) is 5.41. The zero-order valence-corrected chi connectivity index (χ0v) is 14.8. The molecule has 6 heteroatoms. The molecule has 0 saturated heterocycles. The molecule has 0 bridgehead atoms. The predicted molar refractivity (Wildman–Crippen MR) is 95.6 cm³/mol. The lowest BCUT2D eigenvalue weighted by atomic mass is 10.2. The van der Waals surface area contributed by atoms with Gasteiger partial charge < -0.3 is 15.2 Å². The number of carbonyl (C=O) groups is 1. The monoisotopic (exact) mass is 334 g/mol. The van der Waals surface area contributed by atoms with Crippen molar-refractivity contribution in [2.45, 2.75) is 32.6 Å². The van der Waals surface area contributed by atoms with E-state index in [1.165, 1.54) is 12.8 Å². The summed E-state index contributed by atoms with van der Waals surface area (Å²) in [4.78, 5) is 22.8. The van der Waals surface area contributed by atoms with Crippen LogP contribution in [0.1, 0.15) is 31.9 Å². The van der Waals surface area contributed by atoms with Gasteiger partial charge in [0.1, 0.15) is 5.69 Å². The number of carbonyl (C=O) groups excluding carboxylic acids is 1. The second-order valence-electron chi connectivity index (χ2n) is 5.71. The summed E-state index contributed by atoms with van der Waals surface area (Å²) in [5.74, 6) is 0.116. The third kappa shape index (κ3) is 5.80. The first-order valence-electron chi connectivity index (χ1n) is 8.22. The molecule has 2 heterocycles. The van der Waals surface area contributed by atoms with Crippen LogP contribution in [0.15, 0.2) is 23.8 Å². The van der Waals surface area contributed by atoms with Gasteiger partial charge in [-0.1, -0.05) is 19.4 Å². The van der Waals surface area contributed by atoms with E-state index in [4.69, 9.17) is 0 Å². The Morgan fingerprint density at radius 3 is 3.04 bits per heavy atom. The summed E-state index contributed by atoms with van der Waals surface area (Å²) in [5.41, 5.74) is 2.07. The molecule has 0 saturated carbocycles. The summed E-state index contributed by atoms with van der Waals surface area (Å²) in [7, 11) is 2.07. The van der Waals surface area contributed by atoms with Crippen LogP contribution in [0.25, 0.3) is 10.6 Å². The van der Waals surface area contributed by atoms with Gasteiger partial charge in [-0.2, -0.15) is 0 Å². The average Bonchev–Trinajstić information content (AvgIpc) is 3.21. The SMILES string of the molecule is CCCCN(C)CCC(=O)NCCc1[nH]cnc1-c1cccs1. The van der Waals surface area contributed by atoms with Crippen molar-refractivity contribution < 1.29 is 4.79 Å². The predicted octanol–water partition coefficient (Wildman–Crippen LogP) is 2.92. The fourth-order valence-corrected chi connectivity index (χ4v) is 3.13. The summed E-state index contributed by atoms with van der Waals surface area (Å²) >= 11 is 1.68. The van der Waals surface area contributed by atoms with Gasteiger partial charge in [0.25, 0.3) is 0 Å². The molecule has 0 fully saturated rings. The van der Waals surface area contributed by atoms with Crippen molar-refractivity contribution in [2.24, 2.45) is 0 Å². The Morgan fingerprint density at radius 1 is 1.43 bits per heavy atom. The summed E-state index contributed by atoms with van der Waals surface area (Å²) in [6.45, 7) is 4.69. The van der Waals surface area contributed by atoms with Crippen LogP contribution in [0.4, 0.5) is 0 Å². The minimum Gasteiger partial charge on any atom is -0.356 e. The van der Waals surface area contributed by atoms with Gasteiger partial charge in [0.15, 0.2) is 0 Å². The molecule has 0 spiro atoms. The van der Waals surface area contributed by atoms with Crippen molar-refractivity contribution in [1.29, 1.82) is 0 Å². The van der Waals surface area contributed by atoms with E-state index in [0.717, 1.165) is 35.8 Å². The molecule has 23 heavy (non-hydrogen) atoms. The second-order valence-corrected chi connectivity index (χ2v) is 6.66. The molecule has 2 rings (SSSR count). The largest absolute Gasteiger partial charge is 0.356 e. The smallest absolute Gasteiger partial charge is 0.221 e. The third-order valence-corrected chi connectivity index (χ3v) is 4.66. The lowest BCUT2D eigenvalue weighted by Gasteiger charge is -2.15. The molecule has 2 aromatic heterocycles. The van der Waals surface area contributed by atoms with Crippen LogP contribution in [0.2, 0.25) is 0 Å². The van der Waals surface area contributed by atoms with Crippen LogP contribution in [0.3, 0.4) is 0 Å². The van der Waals surface area contributed by atoms with Crippen LogP contribution in [0, 0.1) is 0 Å². The maximum absolute atomic E-state index is 11.9. The summed E-state index contributed by atoms with van der Waals surface area (Å²) in [5, 5.41) is 5.04. The normalized spacial score (nSPS) is 11.1. The molecule has 2 N–H and O–H groups in total. The van der Waals surface area contributed by atoms with Crippen molar-refractivity contribution in [3.8, 4) is 10.6 Å². The van der Waals surface area contributed by atoms with Crippen LogP contribution >= 0.6 is 11.3 Å². The maximum Gasteiger partial charge on any atom is 0.221 e. The van der Waals surface area contributed by atoms with Gasteiger partial charge in [-0.05, 0) is 31.5 Å². The number of aromatic nitrogens is 2. The van der Waals surface area contributed by atoms with Crippen LogP contribution in [-0.2, 0) is 11.2 Å². The number of thiophene rings is 1. The highest BCUT2D eigenvalue weighted by molar-refractivity contribution is 7.13. The lowest BCUT2D eigenvalue weighted by Crippen LogP contribution is -2.30. The van der Waals surface area contributed by atoms with Gasteiger partial charge in [-0.3, -0.25) is 4.79 Å². The van der Waals surface area contributed by atoms with Crippen molar-refractivity contribution in [3.63, 3.8) is 0 Å². The Hall–Kier alpha value is -1.66. The van der Waals surface area contributed by atoms with E-state index < -0.39 is 0 Å². The van der Waals surface area contributed by atoms with Gasteiger partial charge in [0.2, 0.25) is 5.91 Å². The Balaban J connectivity index is 1.69. The quantitative estimate of drug-likeness (QED) is 0.702. The van der Waals surface area contributed by atoms with Crippen molar-refractivity contribution >= 4 is 17.2 Å². The summed E-state index contributed by atoms with van der Waals surface area (Å²) in [6, 6.07) is 4.09. The molecule has 2 aromatic rings. The first kappa shape index (κ1) is 17.7. The lowest BCUT2D eigenvalue weighted by molar-refractivity contribution is -0.121. The van der Waals surface area contributed by atoms with E-state index in [-0.39, 0.29) is 5.91 Å². The van der Waals surface area contributed by atoms with Crippen LogP contribution in [-0.4, -0.2) is 47.5 Å². The van der Waals surface area contributed by atoms with E-state index in [1.807, 2.05) is 11.4 Å². The highest BCUT2D eigenvalue weighted by Crippen LogP contribution is 2.25. The number of nitrogens with one attached hydrogen (secondary N) is 2. The van der Waals surface area contributed by atoms with E-state index in [9.17, 15) is 4.79 Å². The van der Waals surface area contributed by atoms with E-state index >= 15 is 0 Å². The van der Waals surface area contributed by atoms with Crippen molar-refractivity contribution in [3.05, 3.63) is 29.5 Å². The molecule has 1 amide bonds. The molecule has 126 valence electrons. The Bertz CT molecular complexity index is 579. The highest BCUT2D eigenvalue weighted by atomic mass is 32.1. The first-order chi connectivity index (χ1) is 11.2. The number of hydrogen-bond acceptors (Lipinski definition) is 4. The Labute approximate surface area is 142 Å². The summed E-state index contributed by atoms with van der Waals surface area (Å²) < 4.78 is 0. The number of amides is 1. The number of unbranched alkanes of at least 4 members (excludes halogenated alkanes) is 1. The Kier molecular flexibility index (Phi) is 7.29. The number of rotatable bonds is 10. The van der Waals surface area contributed by atoms with Crippen LogP contribution in [0.5, 0.6) is 0 Å². The van der Waals surface area contributed by atoms with Gasteiger partial charge in [0.05, 0.1) is 11.2 Å². The van der Waals surface area contributed by atoms with Crippen LogP contribution < -0.4 is 5.32 Å². The molecule has 0 radical (unpaired) electrons. The van der Waals surface area contributed by atoms with Gasteiger partial charge in [0, 0.05) is 31.6 Å². The molecule has 0 aliphatic rings. The molecule has 0 aliphatic heterocycles. The maximum atomic E-state index is 11.9. The average molecular weight is 334 g/mol. The molecule has 0 unspecified atom stereocenters. The fraction of sp³-hybridized carbons (Fsp3) is 0.529. The fourth-order valence-electron chi connectivity index (χ4n) is 2.38. The Morgan fingerprint density at radius 2 is 2.30 bits per heavy atom. The number of imidazole rings is 1. The number of nitrogens with zero attached hydrogens (tertiary/aromatic N) is 2. The van der Waals surface area contributed by atoms with Gasteiger partial charge in [-0.25, -0.2) is 4.98 Å². The number of H-pyrrole nitrogens is 1. The minimum atomic E-state index is 0.116. The minimum absolute atomic E-state index is 0.116. The number of hydrogen-bond donors (Lipinski definition) is 2. The van der Waals surface area contributed by atoms with E-state index in [1.54, 1.807) is 17.7 Å². The molecule has 0 atom stereocenters. The van der Waals surface area contributed by atoms with Crippen molar-refractivity contribution in [2.75, 3.05) is 26.7 Å². The number of aromatic amines is 1. The van der Waals surface area contributed by atoms with E-state index in [2.05, 4.69) is 40.2 Å². The zero-order chi connectivity index (χ0) is 16.5. The molecule has 5 nitrogen and oxygen atoms in total. The highest BCUT2D eigenvalue weighted by Gasteiger charge is 2.10.